The highest BCUT2D eigenvalue weighted by Crippen LogP contribution is 2.40. The largest absolute Gasteiger partial charge is 0.351 e. The molecule has 3 aromatic rings. The van der Waals surface area contributed by atoms with E-state index in [2.05, 4.69) is 10.3 Å². The molecule has 4 rings (SSSR count). The minimum absolute atomic E-state index is 0.0353. The standard InChI is InChI=1S/C20H20ClN3OS/c1-11-16-12(2)23-18(14-5-6-14)24-20(16)26-17(11)19(25)22-10-9-13-3-7-15(21)8-4-13/h3-4,7-8,14H,5-6,9-10H2,1-2H3,(H,22,25). The van der Waals surface area contributed by atoms with Crippen molar-refractivity contribution in [3.05, 3.63) is 56.8 Å². The maximum atomic E-state index is 12.7. The second-order valence-corrected chi connectivity index (χ2v) is 8.25. The Morgan fingerprint density at radius 1 is 1.23 bits per heavy atom. The molecule has 0 atom stereocenters. The number of carbonyl (C=O) groups excluding carboxylic acids is 1. The minimum atomic E-state index is -0.0353. The molecule has 1 saturated carbocycles. The Morgan fingerprint density at radius 2 is 1.96 bits per heavy atom. The van der Waals surface area contributed by atoms with Crippen molar-refractivity contribution in [3.63, 3.8) is 0 Å². The van der Waals surface area contributed by atoms with Crippen LogP contribution in [0, 0.1) is 13.8 Å². The van der Waals surface area contributed by atoms with Gasteiger partial charge in [0, 0.05) is 22.9 Å². The Kier molecular flexibility index (Phi) is 4.67. The number of nitrogens with zero attached hydrogens (tertiary/aromatic N) is 2. The van der Waals surface area contributed by atoms with Gasteiger partial charge in [0.1, 0.15) is 10.7 Å². The minimum Gasteiger partial charge on any atom is -0.351 e. The molecule has 0 aliphatic heterocycles. The normalized spacial score (nSPS) is 14.0. The Bertz CT molecular complexity index is 977. The van der Waals surface area contributed by atoms with E-state index in [0.29, 0.717) is 12.5 Å². The molecule has 1 amide bonds. The van der Waals surface area contributed by atoms with Gasteiger partial charge >= 0.3 is 0 Å². The molecule has 0 unspecified atom stereocenters. The van der Waals surface area contributed by atoms with Gasteiger partial charge in [-0.15, -0.1) is 11.3 Å². The number of amides is 1. The van der Waals surface area contributed by atoms with Crippen molar-refractivity contribution in [2.24, 2.45) is 0 Å². The summed E-state index contributed by atoms with van der Waals surface area (Å²) in [7, 11) is 0. The third kappa shape index (κ3) is 3.46. The molecule has 2 heterocycles. The maximum absolute atomic E-state index is 12.7. The summed E-state index contributed by atoms with van der Waals surface area (Å²) in [6.45, 7) is 4.59. The van der Waals surface area contributed by atoms with E-state index in [-0.39, 0.29) is 5.91 Å². The van der Waals surface area contributed by atoms with E-state index < -0.39 is 0 Å². The van der Waals surface area contributed by atoms with E-state index in [1.165, 1.54) is 24.2 Å². The zero-order valence-corrected chi connectivity index (χ0v) is 16.4. The fraction of sp³-hybridized carbons (Fsp3) is 0.350. The lowest BCUT2D eigenvalue weighted by Gasteiger charge is -2.05. The summed E-state index contributed by atoms with van der Waals surface area (Å²) < 4.78 is 0. The Hall–Kier alpha value is -1.98. The van der Waals surface area contributed by atoms with Crippen LogP contribution in [0.15, 0.2) is 24.3 Å². The second-order valence-electron chi connectivity index (χ2n) is 6.81. The summed E-state index contributed by atoms with van der Waals surface area (Å²) >= 11 is 7.37. The second kappa shape index (κ2) is 6.97. The topological polar surface area (TPSA) is 54.9 Å². The van der Waals surface area contributed by atoms with Crippen molar-refractivity contribution in [1.29, 1.82) is 0 Å². The van der Waals surface area contributed by atoms with Crippen LogP contribution in [0.5, 0.6) is 0 Å². The van der Waals surface area contributed by atoms with Crippen LogP contribution in [-0.2, 0) is 6.42 Å². The maximum Gasteiger partial charge on any atom is 0.261 e. The van der Waals surface area contributed by atoms with E-state index in [0.717, 1.165) is 49.2 Å². The van der Waals surface area contributed by atoms with Gasteiger partial charge < -0.3 is 5.32 Å². The molecule has 1 N–H and O–H groups in total. The van der Waals surface area contributed by atoms with E-state index >= 15 is 0 Å². The van der Waals surface area contributed by atoms with Crippen molar-refractivity contribution in [1.82, 2.24) is 15.3 Å². The van der Waals surface area contributed by atoms with Gasteiger partial charge in [0.2, 0.25) is 0 Å². The summed E-state index contributed by atoms with van der Waals surface area (Å²) in [5, 5.41) is 4.78. The first-order valence-electron chi connectivity index (χ1n) is 8.83. The summed E-state index contributed by atoms with van der Waals surface area (Å²) in [5.74, 6) is 1.41. The average molecular weight is 386 g/mol. The number of aryl methyl sites for hydroxylation is 2. The van der Waals surface area contributed by atoms with Gasteiger partial charge in [-0.1, -0.05) is 23.7 Å². The van der Waals surface area contributed by atoms with Gasteiger partial charge in [0.05, 0.1) is 10.6 Å². The SMILES string of the molecule is Cc1nc(C2CC2)nc2sc(C(=O)NCCc3ccc(Cl)cc3)c(C)c12. The zero-order valence-electron chi connectivity index (χ0n) is 14.8. The molecule has 0 spiro atoms. The monoisotopic (exact) mass is 385 g/mol. The smallest absolute Gasteiger partial charge is 0.261 e. The lowest BCUT2D eigenvalue weighted by Crippen LogP contribution is -2.25. The Labute approximate surface area is 161 Å². The van der Waals surface area contributed by atoms with Gasteiger partial charge in [-0.2, -0.15) is 0 Å². The number of benzene rings is 1. The molecule has 1 aliphatic rings. The predicted molar refractivity (Wildman–Crippen MR) is 106 cm³/mol. The number of aromatic nitrogens is 2. The highest BCUT2D eigenvalue weighted by Gasteiger charge is 2.28. The fourth-order valence-corrected chi connectivity index (χ4v) is 4.43. The first-order valence-corrected chi connectivity index (χ1v) is 10.0. The summed E-state index contributed by atoms with van der Waals surface area (Å²) in [6.07, 6.45) is 3.12. The average Bonchev–Trinajstić information content (AvgIpc) is 3.40. The molecule has 6 heteroatoms. The third-order valence-corrected chi connectivity index (χ3v) is 6.19. The molecule has 1 aromatic carbocycles. The van der Waals surface area contributed by atoms with E-state index in [1.54, 1.807) is 0 Å². The van der Waals surface area contributed by atoms with E-state index in [9.17, 15) is 4.79 Å². The molecular weight excluding hydrogens is 366 g/mol. The fourth-order valence-electron chi connectivity index (χ4n) is 3.15. The van der Waals surface area contributed by atoms with Gasteiger partial charge in [-0.05, 0) is 56.4 Å². The van der Waals surface area contributed by atoms with Crippen LogP contribution in [0.25, 0.3) is 10.2 Å². The molecule has 0 bridgehead atoms. The molecule has 0 radical (unpaired) electrons. The van der Waals surface area contributed by atoms with Gasteiger partial charge in [0.15, 0.2) is 0 Å². The summed E-state index contributed by atoms with van der Waals surface area (Å²) in [5.41, 5.74) is 3.11. The highest BCUT2D eigenvalue weighted by molar-refractivity contribution is 7.20. The van der Waals surface area contributed by atoms with Crippen LogP contribution in [-0.4, -0.2) is 22.4 Å². The molecule has 26 heavy (non-hydrogen) atoms. The van der Waals surface area contributed by atoms with Crippen LogP contribution in [0.2, 0.25) is 5.02 Å². The lowest BCUT2D eigenvalue weighted by molar-refractivity contribution is 0.0957. The summed E-state index contributed by atoms with van der Waals surface area (Å²) in [6, 6.07) is 7.70. The molecule has 0 saturated heterocycles. The number of carbonyl (C=O) groups is 1. The lowest BCUT2D eigenvalue weighted by atomic mass is 10.1. The van der Waals surface area contributed by atoms with Crippen molar-refractivity contribution < 1.29 is 4.79 Å². The summed E-state index contributed by atoms with van der Waals surface area (Å²) in [4.78, 5) is 23.7. The number of hydrogen-bond acceptors (Lipinski definition) is 4. The van der Waals surface area contributed by atoms with Crippen LogP contribution < -0.4 is 5.32 Å². The van der Waals surface area contributed by atoms with Crippen LogP contribution in [0.1, 0.15) is 51.1 Å². The van der Waals surface area contributed by atoms with E-state index in [1.807, 2.05) is 38.1 Å². The van der Waals surface area contributed by atoms with Crippen LogP contribution >= 0.6 is 22.9 Å². The highest BCUT2D eigenvalue weighted by atomic mass is 35.5. The predicted octanol–water partition coefficient (Wildman–Crippen LogP) is 4.81. The van der Waals surface area contributed by atoms with Gasteiger partial charge in [0.25, 0.3) is 5.91 Å². The number of hydrogen-bond donors (Lipinski definition) is 1. The molecular formula is C20H20ClN3OS. The molecule has 4 nitrogen and oxygen atoms in total. The molecule has 1 aliphatic carbocycles. The number of rotatable bonds is 5. The van der Waals surface area contributed by atoms with Crippen LogP contribution in [0.3, 0.4) is 0 Å². The zero-order chi connectivity index (χ0) is 18.3. The number of halogens is 1. The Morgan fingerprint density at radius 3 is 2.65 bits per heavy atom. The van der Waals surface area contributed by atoms with Crippen molar-refractivity contribution in [2.75, 3.05) is 6.54 Å². The number of thiophene rings is 1. The first kappa shape index (κ1) is 17.4. The first-order chi connectivity index (χ1) is 12.5. The molecule has 134 valence electrons. The number of fused-ring (bicyclic) bond motifs is 1. The molecule has 1 fully saturated rings. The van der Waals surface area contributed by atoms with Gasteiger partial charge in [-0.3, -0.25) is 4.79 Å². The Balaban J connectivity index is 1.50. The van der Waals surface area contributed by atoms with Crippen molar-refractivity contribution in [3.8, 4) is 0 Å². The molecule has 2 aromatic heterocycles. The van der Waals surface area contributed by atoms with E-state index in [4.69, 9.17) is 16.6 Å². The van der Waals surface area contributed by atoms with Gasteiger partial charge in [-0.25, -0.2) is 9.97 Å². The quantitative estimate of drug-likeness (QED) is 0.685. The van der Waals surface area contributed by atoms with Crippen LogP contribution in [0.4, 0.5) is 0 Å². The third-order valence-electron chi connectivity index (χ3n) is 4.75. The van der Waals surface area contributed by atoms with Crippen molar-refractivity contribution in [2.45, 2.75) is 39.0 Å². The number of nitrogens with one attached hydrogen (secondary N) is 1. The van der Waals surface area contributed by atoms with Crippen molar-refractivity contribution >= 4 is 39.1 Å².